The first kappa shape index (κ1) is 29.8. The fourth-order valence-corrected chi connectivity index (χ4v) is 10.5. The van der Waals surface area contributed by atoms with Gasteiger partial charge >= 0.3 is 0 Å². The Morgan fingerprint density at radius 2 is 0.889 bits per heavy atom. The Morgan fingerprint density at radius 3 is 1.63 bits per heavy atom. The van der Waals surface area contributed by atoms with Gasteiger partial charge in [-0.05, 0) is 90.3 Å². The van der Waals surface area contributed by atoms with Gasteiger partial charge in [0.1, 0.15) is 0 Å². The first-order chi connectivity index (χ1) is 26.8. The summed E-state index contributed by atoms with van der Waals surface area (Å²) in [5.74, 6) is 0. The lowest BCUT2D eigenvalue weighted by Crippen LogP contribution is -1.95. The number of fused-ring (bicyclic) bond motifs is 12. The Morgan fingerprint density at radius 1 is 0.333 bits per heavy atom. The predicted molar refractivity (Wildman–Crippen MR) is 235 cm³/mol. The van der Waals surface area contributed by atoms with Crippen molar-refractivity contribution in [2.75, 3.05) is 0 Å². The summed E-state index contributed by atoms with van der Waals surface area (Å²) in [4.78, 5) is 0. The van der Waals surface area contributed by atoms with E-state index in [9.17, 15) is 0 Å². The molecule has 0 atom stereocenters. The van der Waals surface area contributed by atoms with Crippen LogP contribution in [-0.2, 0) is 0 Å². The van der Waals surface area contributed by atoms with Gasteiger partial charge in [-0.3, -0.25) is 0 Å². The monoisotopic (exact) mass is 701 g/mol. The minimum absolute atomic E-state index is 1.17. The second kappa shape index (κ2) is 11.4. The van der Waals surface area contributed by atoms with Crippen LogP contribution < -0.4 is 0 Å². The summed E-state index contributed by atoms with van der Waals surface area (Å²) in [6.07, 6.45) is 0. The fourth-order valence-electron chi connectivity index (χ4n) is 9.37. The molecular weight excluding hydrogens is 671 g/mol. The van der Waals surface area contributed by atoms with Crippen LogP contribution >= 0.6 is 11.3 Å². The van der Waals surface area contributed by atoms with Crippen LogP contribution in [0.4, 0.5) is 0 Å². The van der Waals surface area contributed by atoms with E-state index in [2.05, 4.69) is 193 Å². The highest BCUT2D eigenvalue weighted by Crippen LogP contribution is 2.51. The molecule has 2 aromatic heterocycles. The molecule has 0 aliphatic rings. The molecule has 250 valence electrons. The summed E-state index contributed by atoms with van der Waals surface area (Å²) in [7, 11) is 0. The van der Waals surface area contributed by atoms with Crippen molar-refractivity contribution in [2.24, 2.45) is 0 Å². The van der Waals surface area contributed by atoms with E-state index < -0.39 is 0 Å². The summed E-state index contributed by atoms with van der Waals surface area (Å²) >= 11 is 1.91. The predicted octanol–water partition coefficient (Wildman–Crippen LogP) is 15.1. The first-order valence-electron chi connectivity index (χ1n) is 18.6. The zero-order valence-corrected chi connectivity index (χ0v) is 30.1. The highest BCUT2D eigenvalue weighted by Gasteiger charge is 2.24. The molecule has 0 unspecified atom stereocenters. The van der Waals surface area contributed by atoms with E-state index >= 15 is 0 Å². The lowest BCUT2D eigenvalue weighted by molar-refractivity contribution is 1.19. The van der Waals surface area contributed by atoms with Crippen LogP contribution in [0.15, 0.2) is 188 Å². The lowest BCUT2D eigenvalue weighted by Gasteiger charge is -2.20. The van der Waals surface area contributed by atoms with Crippen molar-refractivity contribution >= 4 is 96.4 Å². The molecule has 0 amide bonds. The zero-order chi connectivity index (χ0) is 35.3. The van der Waals surface area contributed by atoms with Gasteiger partial charge in [0.05, 0.1) is 11.0 Å². The third-order valence-electron chi connectivity index (χ3n) is 11.5. The maximum absolute atomic E-state index is 2.50. The number of hydrogen-bond acceptors (Lipinski definition) is 1. The molecule has 0 fully saturated rings. The molecule has 10 aromatic carbocycles. The number of benzene rings is 10. The smallest absolute Gasteiger partial charge is 0.0626 e. The van der Waals surface area contributed by atoms with Crippen molar-refractivity contribution in [1.29, 1.82) is 0 Å². The molecule has 0 aliphatic heterocycles. The third-order valence-corrected chi connectivity index (χ3v) is 12.7. The number of aromatic nitrogens is 1. The number of thiophene rings is 1. The minimum Gasteiger partial charge on any atom is -0.309 e. The molecule has 1 nitrogen and oxygen atoms in total. The largest absolute Gasteiger partial charge is 0.309 e. The van der Waals surface area contributed by atoms with Gasteiger partial charge in [0, 0.05) is 42.0 Å². The lowest BCUT2D eigenvalue weighted by atomic mass is 9.83. The summed E-state index contributed by atoms with van der Waals surface area (Å²) < 4.78 is 5.12. The van der Waals surface area contributed by atoms with Crippen LogP contribution in [0.3, 0.4) is 0 Å². The third kappa shape index (κ3) is 4.09. The summed E-state index contributed by atoms with van der Waals surface area (Å²) in [6, 6.07) is 69.7. The molecule has 0 aliphatic carbocycles. The van der Waals surface area contributed by atoms with Gasteiger partial charge in [-0.15, -0.1) is 11.3 Å². The second-order valence-electron chi connectivity index (χ2n) is 14.3. The maximum atomic E-state index is 2.50. The van der Waals surface area contributed by atoms with E-state index in [4.69, 9.17) is 0 Å². The highest BCUT2D eigenvalue weighted by atomic mass is 32.1. The van der Waals surface area contributed by atoms with Crippen LogP contribution in [0.25, 0.3) is 113 Å². The van der Waals surface area contributed by atoms with Crippen LogP contribution in [0, 0.1) is 0 Å². The van der Waals surface area contributed by atoms with E-state index in [1.807, 2.05) is 11.3 Å². The Hall–Kier alpha value is -6.74. The molecule has 54 heavy (non-hydrogen) atoms. The van der Waals surface area contributed by atoms with Crippen molar-refractivity contribution in [2.45, 2.75) is 0 Å². The normalized spacial score (nSPS) is 12.1. The van der Waals surface area contributed by atoms with Crippen LogP contribution in [-0.4, -0.2) is 4.57 Å². The standard InChI is InChI=1S/C52H31NS/c1-2-17-33(18-3-1)53-45-27-12-10-20-35(45)42-30-29-41-44(31-47-50(51(41)52(42)53)43-25-11-13-28-46(43)54-47)49-39-23-8-6-21-37(39)48(38-22-7-9-24-40(38)49)36-26-14-16-32-15-4-5-19-34(32)36/h1-31H. The summed E-state index contributed by atoms with van der Waals surface area (Å²) in [5.41, 5.74) is 8.77. The summed E-state index contributed by atoms with van der Waals surface area (Å²) in [6.45, 7) is 0. The van der Waals surface area contributed by atoms with Gasteiger partial charge < -0.3 is 4.57 Å². The van der Waals surface area contributed by atoms with Crippen LogP contribution in [0.2, 0.25) is 0 Å². The Kier molecular flexibility index (Phi) is 6.28. The Bertz CT molecular complexity index is 3430. The SMILES string of the molecule is c1ccc(-n2c3ccccc3c3ccc4c(-c5c6ccccc6c(-c6cccc7ccccc67)c6ccccc56)cc5sc6ccccc6c5c4c32)cc1. The molecular formula is C52H31NS. The minimum atomic E-state index is 1.17. The van der Waals surface area contributed by atoms with Crippen molar-refractivity contribution in [3.8, 4) is 27.9 Å². The molecule has 0 N–H and O–H groups in total. The van der Waals surface area contributed by atoms with Crippen LogP contribution in [0.5, 0.6) is 0 Å². The molecule has 0 saturated heterocycles. The van der Waals surface area contributed by atoms with Gasteiger partial charge in [-0.25, -0.2) is 0 Å². The van der Waals surface area contributed by atoms with E-state index in [0.29, 0.717) is 0 Å². The van der Waals surface area contributed by atoms with Crippen LogP contribution in [0.1, 0.15) is 0 Å². The summed E-state index contributed by atoms with van der Waals surface area (Å²) in [5, 5.41) is 15.4. The molecule has 0 bridgehead atoms. The van der Waals surface area contributed by atoms with E-state index in [0.717, 1.165) is 0 Å². The van der Waals surface area contributed by atoms with Gasteiger partial charge in [-0.1, -0.05) is 158 Å². The zero-order valence-electron chi connectivity index (χ0n) is 29.3. The fraction of sp³-hybridized carbons (Fsp3) is 0. The van der Waals surface area contributed by atoms with Gasteiger partial charge in [0.2, 0.25) is 0 Å². The number of rotatable bonds is 3. The average molecular weight is 702 g/mol. The molecule has 2 heterocycles. The molecule has 0 spiro atoms. The average Bonchev–Trinajstić information content (AvgIpc) is 3.78. The molecule has 0 radical (unpaired) electrons. The Balaban J connectivity index is 1.31. The topological polar surface area (TPSA) is 4.93 Å². The Labute approximate surface area is 315 Å². The number of hydrogen-bond donors (Lipinski definition) is 0. The van der Waals surface area contributed by atoms with Gasteiger partial charge in [0.15, 0.2) is 0 Å². The second-order valence-corrected chi connectivity index (χ2v) is 15.4. The van der Waals surface area contributed by atoms with E-state index in [1.54, 1.807) is 0 Å². The molecule has 12 aromatic rings. The van der Waals surface area contributed by atoms with Gasteiger partial charge in [-0.2, -0.15) is 0 Å². The van der Waals surface area contributed by atoms with E-state index in [-0.39, 0.29) is 0 Å². The van der Waals surface area contributed by atoms with Gasteiger partial charge in [0.25, 0.3) is 0 Å². The molecule has 2 heteroatoms. The van der Waals surface area contributed by atoms with Crippen molar-refractivity contribution in [3.63, 3.8) is 0 Å². The number of nitrogens with zero attached hydrogens (tertiary/aromatic N) is 1. The maximum Gasteiger partial charge on any atom is 0.0626 e. The quantitative estimate of drug-likeness (QED) is 0.162. The number of para-hydroxylation sites is 2. The van der Waals surface area contributed by atoms with Crippen molar-refractivity contribution in [3.05, 3.63) is 188 Å². The van der Waals surface area contributed by atoms with E-state index in [1.165, 1.54) is 113 Å². The highest BCUT2D eigenvalue weighted by molar-refractivity contribution is 7.26. The first-order valence-corrected chi connectivity index (χ1v) is 19.4. The molecule has 12 rings (SSSR count). The van der Waals surface area contributed by atoms with Crippen molar-refractivity contribution in [1.82, 2.24) is 4.57 Å². The molecule has 0 saturated carbocycles. The van der Waals surface area contributed by atoms with Crippen molar-refractivity contribution < 1.29 is 0 Å².